The predicted molar refractivity (Wildman–Crippen MR) is 183 cm³/mol. The maximum Gasteiger partial charge on any atom is 0.232 e. The molecule has 4 heterocycles. The Labute approximate surface area is 257 Å². The van der Waals surface area contributed by atoms with Crippen LogP contribution in [0.25, 0.3) is 88.3 Å². The fourth-order valence-corrected chi connectivity index (χ4v) is 7.10. The third-order valence-corrected chi connectivity index (χ3v) is 9.06. The van der Waals surface area contributed by atoms with E-state index in [-0.39, 0.29) is 0 Å². The van der Waals surface area contributed by atoms with Crippen molar-refractivity contribution in [1.82, 2.24) is 19.1 Å². The Bertz CT molecular complexity index is 2770. The molecule has 0 amide bonds. The molecule has 4 aromatic heterocycles. The van der Waals surface area contributed by atoms with Crippen LogP contribution in [-0.4, -0.2) is 19.1 Å². The van der Waals surface area contributed by atoms with Crippen molar-refractivity contribution in [1.29, 1.82) is 0 Å². The van der Waals surface area contributed by atoms with Gasteiger partial charge in [-0.3, -0.25) is 4.57 Å². The summed E-state index contributed by atoms with van der Waals surface area (Å²) in [6, 6.07) is 49.5. The van der Waals surface area contributed by atoms with Gasteiger partial charge in [0.1, 0.15) is 11.9 Å². The summed E-state index contributed by atoms with van der Waals surface area (Å²) >= 11 is 0. The van der Waals surface area contributed by atoms with Crippen LogP contribution >= 0.6 is 0 Å². The van der Waals surface area contributed by atoms with Crippen LogP contribution in [0.15, 0.2) is 150 Å². The monoisotopic (exact) mass is 576 g/mol. The second-order valence-corrected chi connectivity index (χ2v) is 11.5. The number of fused-ring (bicyclic) bond motifs is 9. The molecule has 45 heavy (non-hydrogen) atoms. The molecule has 10 aromatic rings. The van der Waals surface area contributed by atoms with Crippen LogP contribution in [0.4, 0.5) is 0 Å². The largest absolute Gasteiger partial charge is 0.438 e. The number of rotatable bonds is 3. The molecule has 0 spiro atoms. The second kappa shape index (κ2) is 9.15. The summed E-state index contributed by atoms with van der Waals surface area (Å²) in [7, 11) is 0. The van der Waals surface area contributed by atoms with Gasteiger partial charge >= 0.3 is 0 Å². The minimum atomic E-state index is 0.590. The van der Waals surface area contributed by atoms with Gasteiger partial charge in [0.15, 0.2) is 5.82 Å². The Morgan fingerprint density at radius 1 is 0.444 bits per heavy atom. The molecular formula is C40H24N4O. The molecule has 0 aliphatic rings. The summed E-state index contributed by atoms with van der Waals surface area (Å²) < 4.78 is 10.7. The van der Waals surface area contributed by atoms with Gasteiger partial charge in [-0.15, -0.1) is 0 Å². The minimum Gasteiger partial charge on any atom is -0.438 e. The van der Waals surface area contributed by atoms with E-state index in [1.807, 2.05) is 18.2 Å². The molecule has 0 radical (unpaired) electrons. The Morgan fingerprint density at radius 3 is 1.71 bits per heavy atom. The lowest BCUT2D eigenvalue weighted by Crippen LogP contribution is -1.98. The van der Waals surface area contributed by atoms with E-state index >= 15 is 0 Å². The van der Waals surface area contributed by atoms with E-state index in [0.717, 1.165) is 38.9 Å². The summed E-state index contributed by atoms with van der Waals surface area (Å²) in [4.78, 5) is 9.31. The van der Waals surface area contributed by atoms with E-state index in [4.69, 9.17) is 9.40 Å². The van der Waals surface area contributed by atoms with Gasteiger partial charge in [0.2, 0.25) is 5.71 Å². The van der Waals surface area contributed by atoms with E-state index in [9.17, 15) is 0 Å². The molecule has 0 N–H and O–H groups in total. The van der Waals surface area contributed by atoms with Crippen molar-refractivity contribution in [3.63, 3.8) is 0 Å². The zero-order chi connectivity index (χ0) is 29.5. The van der Waals surface area contributed by atoms with Crippen LogP contribution in [0.3, 0.4) is 0 Å². The van der Waals surface area contributed by atoms with Crippen molar-refractivity contribution in [2.75, 3.05) is 0 Å². The lowest BCUT2D eigenvalue weighted by molar-refractivity contribution is 0.652. The van der Waals surface area contributed by atoms with Crippen molar-refractivity contribution in [3.8, 4) is 22.6 Å². The van der Waals surface area contributed by atoms with Gasteiger partial charge in [0.05, 0.1) is 27.5 Å². The Hall–Kier alpha value is -6.20. The Kier molecular flexibility index (Phi) is 4.93. The highest BCUT2D eigenvalue weighted by molar-refractivity contribution is 6.14. The standard InChI is InChI=1S/C40H24N4O/c1-2-10-27(11-3-1)43-33-15-7-4-12-28(33)31-22-25(18-20-35(31)43)26-19-21-36-32(23-26)29-13-5-8-16-34(29)44(36)39-38-30-14-6-9-17-37(30)45-40(38)42-24-41-39/h1-24H. The van der Waals surface area contributed by atoms with Crippen molar-refractivity contribution >= 4 is 65.7 Å². The molecule has 6 aromatic carbocycles. The van der Waals surface area contributed by atoms with E-state index in [1.54, 1.807) is 6.33 Å². The molecule has 5 nitrogen and oxygen atoms in total. The molecule has 0 unspecified atom stereocenters. The maximum atomic E-state index is 6.12. The molecule has 210 valence electrons. The first-order valence-corrected chi connectivity index (χ1v) is 15.1. The third-order valence-electron chi connectivity index (χ3n) is 9.06. The van der Waals surface area contributed by atoms with Gasteiger partial charge in [-0.1, -0.05) is 84.9 Å². The first kappa shape index (κ1) is 24.3. The maximum absolute atomic E-state index is 6.12. The van der Waals surface area contributed by atoms with Gasteiger partial charge < -0.3 is 8.98 Å². The number of nitrogens with zero attached hydrogens (tertiary/aromatic N) is 4. The van der Waals surface area contributed by atoms with Crippen LogP contribution in [0.2, 0.25) is 0 Å². The fraction of sp³-hybridized carbons (Fsp3) is 0. The van der Waals surface area contributed by atoms with Gasteiger partial charge in [0.25, 0.3) is 0 Å². The minimum absolute atomic E-state index is 0.590. The van der Waals surface area contributed by atoms with Crippen molar-refractivity contribution in [2.45, 2.75) is 0 Å². The fourth-order valence-electron chi connectivity index (χ4n) is 7.10. The van der Waals surface area contributed by atoms with Crippen LogP contribution in [0.5, 0.6) is 0 Å². The summed E-state index contributed by atoms with van der Waals surface area (Å²) in [6.45, 7) is 0. The third kappa shape index (κ3) is 3.43. The quantitative estimate of drug-likeness (QED) is 0.210. The molecule has 10 rings (SSSR count). The zero-order valence-electron chi connectivity index (χ0n) is 24.1. The number of benzene rings is 6. The van der Waals surface area contributed by atoms with Crippen molar-refractivity contribution in [2.24, 2.45) is 0 Å². The molecule has 0 atom stereocenters. The van der Waals surface area contributed by atoms with Crippen LogP contribution in [0, 0.1) is 0 Å². The smallest absolute Gasteiger partial charge is 0.232 e. The molecule has 0 bridgehead atoms. The van der Waals surface area contributed by atoms with E-state index in [1.165, 1.54) is 43.7 Å². The number of furan rings is 1. The highest BCUT2D eigenvalue weighted by Gasteiger charge is 2.20. The van der Waals surface area contributed by atoms with E-state index in [2.05, 4.69) is 135 Å². The predicted octanol–water partition coefficient (Wildman–Crippen LogP) is 10.2. The molecule has 0 fully saturated rings. The normalized spacial score (nSPS) is 12.0. The van der Waals surface area contributed by atoms with E-state index in [0.29, 0.717) is 5.71 Å². The van der Waals surface area contributed by atoms with Crippen LogP contribution < -0.4 is 0 Å². The lowest BCUT2D eigenvalue weighted by atomic mass is 10.0. The average Bonchev–Trinajstić information content (AvgIpc) is 3.76. The number of hydrogen-bond donors (Lipinski definition) is 0. The van der Waals surface area contributed by atoms with Crippen LogP contribution in [0.1, 0.15) is 0 Å². The van der Waals surface area contributed by atoms with E-state index < -0.39 is 0 Å². The molecular weight excluding hydrogens is 552 g/mol. The summed E-state index contributed by atoms with van der Waals surface area (Å²) in [5, 5.41) is 6.76. The molecule has 0 aliphatic carbocycles. The number of para-hydroxylation sites is 4. The lowest BCUT2D eigenvalue weighted by Gasteiger charge is -2.09. The summed E-state index contributed by atoms with van der Waals surface area (Å²) in [5.74, 6) is 0.819. The highest BCUT2D eigenvalue weighted by atomic mass is 16.3. The number of hydrogen-bond acceptors (Lipinski definition) is 3. The first-order valence-electron chi connectivity index (χ1n) is 15.1. The van der Waals surface area contributed by atoms with Crippen LogP contribution in [-0.2, 0) is 0 Å². The zero-order valence-corrected chi connectivity index (χ0v) is 24.1. The second-order valence-electron chi connectivity index (χ2n) is 11.5. The molecule has 0 aliphatic heterocycles. The summed E-state index contributed by atoms with van der Waals surface area (Å²) in [6.07, 6.45) is 1.59. The van der Waals surface area contributed by atoms with Gasteiger partial charge in [-0.25, -0.2) is 9.97 Å². The van der Waals surface area contributed by atoms with Gasteiger partial charge in [-0.2, -0.15) is 0 Å². The molecule has 0 saturated heterocycles. The Balaban J connectivity index is 1.21. The highest BCUT2D eigenvalue weighted by Crippen LogP contribution is 2.40. The van der Waals surface area contributed by atoms with Crippen molar-refractivity contribution in [3.05, 3.63) is 146 Å². The average molecular weight is 577 g/mol. The first-order chi connectivity index (χ1) is 22.3. The topological polar surface area (TPSA) is 48.8 Å². The summed E-state index contributed by atoms with van der Waals surface area (Å²) in [5.41, 5.74) is 9.50. The SMILES string of the molecule is c1ccc(-n2c3ccccc3c3cc(-c4ccc5c(c4)c4ccccc4n5-c4ncnc5oc6ccccc6c45)ccc32)cc1. The van der Waals surface area contributed by atoms with Gasteiger partial charge in [-0.05, 0) is 65.7 Å². The number of aromatic nitrogens is 4. The van der Waals surface area contributed by atoms with Gasteiger partial charge in [0, 0.05) is 32.6 Å². The molecule has 5 heteroatoms. The van der Waals surface area contributed by atoms with Crippen molar-refractivity contribution < 1.29 is 4.42 Å². The Morgan fingerprint density at radius 2 is 1.00 bits per heavy atom. The molecule has 0 saturated carbocycles.